The number of aromatic nitrogens is 1. The molecule has 0 spiro atoms. The zero-order valence-electron chi connectivity index (χ0n) is 15.8. The predicted molar refractivity (Wildman–Crippen MR) is 102 cm³/mol. The van der Waals surface area contributed by atoms with Crippen LogP contribution in [0.1, 0.15) is 17.5 Å². The van der Waals surface area contributed by atoms with Gasteiger partial charge in [0.2, 0.25) is 5.91 Å². The number of hydrogen-bond acceptors (Lipinski definition) is 4. The molecule has 1 amide bonds. The summed E-state index contributed by atoms with van der Waals surface area (Å²) in [5.74, 6) is -0.0911. The third-order valence-electron chi connectivity index (χ3n) is 4.79. The number of rotatable bonds is 5. The van der Waals surface area contributed by atoms with Crippen LogP contribution in [-0.4, -0.2) is 44.1 Å². The Morgan fingerprint density at radius 1 is 1.25 bits per heavy atom. The highest BCUT2D eigenvalue weighted by Crippen LogP contribution is 2.31. The first-order valence-corrected chi connectivity index (χ1v) is 9.05. The lowest BCUT2D eigenvalue weighted by atomic mass is 10.1. The number of benzene rings is 1. The van der Waals surface area contributed by atoms with Crippen LogP contribution < -0.4 is 15.1 Å². The molecule has 1 unspecified atom stereocenters. The molecule has 150 valence electrons. The number of amides is 1. The Morgan fingerprint density at radius 3 is 2.61 bits per heavy atom. The Labute approximate surface area is 162 Å². The van der Waals surface area contributed by atoms with Crippen LogP contribution in [0.3, 0.4) is 0 Å². The zero-order chi connectivity index (χ0) is 20.3. The molecule has 1 atom stereocenters. The summed E-state index contributed by atoms with van der Waals surface area (Å²) in [6.45, 7) is 1.04. The van der Waals surface area contributed by atoms with E-state index >= 15 is 0 Å². The van der Waals surface area contributed by atoms with E-state index in [4.69, 9.17) is 0 Å². The standard InChI is InChI=1S/C20H23F3N4O/c1-26(2)17-5-3-14(4-6-17)9-19(28)25-16-7-8-27(13-16)18-10-15(11-24-12-18)20(21,22)23/h3-6,10-12,16H,7-9,13H2,1-2H3,(H,25,28). The van der Waals surface area contributed by atoms with Crippen molar-refractivity contribution in [3.05, 3.63) is 53.9 Å². The number of nitrogens with zero attached hydrogens (tertiary/aromatic N) is 3. The highest BCUT2D eigenvalue weighted by atomic mass is 19.4. The lowest BCUT2D eigenvalue weighted by Gasteiger charge is -2.20. The fraction of sp³-hybridized carbons (Fsp3) is 0.400. The molecule has 2 heterocycles. The van der Waals surface area contributed by atoms with E-state index in [0.717, 1.165) is 23.5 Å². The SMILES string of the molecule is CN(C)c1ccc(CC(=O)NC2CCN(c3cncc(C(F)(F)F)c3)C2)cc1. The second kappa shape index (κ2) is 8.08. The van der Waals surface area contributed by atoms with Crippen molar-refractivity contribution in [2.24, 2.45) is 0 Å². The summed E-state index contributed by atoms with van der Waals surface area (Å²) in [6, 6.07) is 8.77. The molecule has 0 aliphatic carbocycles. The molecule has 0 saturated carbocycles. The van der Waals surface area contributed by atoms with Crippen molar-refractivity contribution in [1.82, 2.24) is 10.3 Å². The molecule has 2 aromatic rings. The molecule has 28 heavy (non-hydrogen) atoms. The molecule has 5 nitrogen and oxygen atoms in total. The second-order valence-electron chi connectivity index (χ2n) is 7.17. The maximum absolute atomic E-state index is 12.9. The Hall–Kier alpha value is -2.77. The van der Waals surface area contributed by atoms with E-state index in [1.165, 1.54) is 6.20 Å². The lowest BCUT2D eigenvalue weighted by molar-refractivity contribution is -0.137. The third-order valence-corrected chi connectivity index (χ3v) is 4.79. The van der Waals surface area contributed by atoms with Gasteiger partial charge in [-0.05, 0) is 30.2 Å². The molecule has 8 heteroatoms. The fourth-order valence-electron chi connectivity index (χ4n) is 3.24. The van der Waals surface area contributed by atoms with Gasteiger partial charge in [-0.2, -0.15) is 13.2 Å². The number of hydrogen-bond donors (Lipinski definition) is 1. The summed E-state index contributed by atoms with van der Waals surface area (Å²) < 4.78 is 38.6. The number of carbonyl (C=O) groups excluding carboxylic acids is 1. The Morgan fingerprint density at radius 2 is 1.96 bits per heavy atom. The average Bonchev–Trinajstić information content (AvgIpc) is 3.10. The summed E-state index contributed by atoms with van der Waals surface area (Å²) in [5.41, 5.74) is 1.63. The first kappa shape index (κ1) is 20.0. The van der Waals surface area contributed by atoms with E-state index in [-0.39, 0.29) is 18.4 Å². The summed E-state index contributed by atoms with van der Waals surface area (Å²) in [4.78, 5) is 19.8. The van der Waals surface area contributed by atoms with Gasteiger partial charge in [-0.15, -0.1) is 0 Å². The van der Waals surface area contributed by atoms with E-state index in [1.54, 1.807) is 0 Å². The van der Waals surface area contributed by atoms with E-state index < -0.39 is 11.7 Å². The normalized spacial score (nSPS) is 16.9. The van der Waals surface area contributed by atoms with Gasteiger partial charge in [-0.25, -0.2) is 0 Å². The van der Waals surface area contributed by atoms with Crippen molar-refractivity contribution in [3.63, 3.8) is 0 Å². The third kappa shape index (κ3) is 4.94. The van der Waals surface area contributed by atoms with Crippen LogP contribution >= 0.6 is 0 Å². The van der Waals surface area contributed by atoms with E-state index in [9.17, 15) is 18.0 Å². The van der Waals surface area contributed by atoms with Gasteiger partial charge in [-0.1, -0.05) is 12.1 Å². The number of pyridine rings is 1. The summed E-state index contributed by atoms with van der Waals surface area (Å²) in [5, 5.41) is 2.98. The molecule has 1 aromatic carbocycles. The number of anilines is 2. The van der Waals surface area contributed by atoms with Gasteiger partial charge in [0.25, 0.3) is 0 Å². The van der Waals surface area contributed by atoms with Crippen LogP contribution in [0.15, 0.2) is 42.7 Å². The minimum atomic E-state index is -4.42. The summed E-state index contributed by atoms with van der Waals surface area (Å²) in [6.07, 6.45) is -1.22. The number of halogens is 3. The summed E-state index contributed by atoms with van der Waals surface area (Å²) in [7, 11) is 3.90. The van der Waals surface area contributed by atoms with Crippen LogP contribution in [0.2, 0.25) is 0 Å². The van der Waals surface area contributed by atoms with Crippen molar-refractivity contribution >= 4 is 17.3 Å². The highest BCUT2D eigenvalue weighted by molar-refractivity contribution is 5.79. The van der Waals surface area contributed by atoms with Gasteiger partial charge in [-0.3, -0.25) is 9.78 Å². The molecule has 1 saturated heterocycles. The zero-order valence-corrected chi connectivity index (χ0v) is 15.8. The average molecular weight is 392 g/mol. The van der Waals surface area contributed by atoms with Crippen LogP contribution in [0.25, 0.3) is 0 Å². The van der Waals surface area contributed by atoms with Crippen molar-refractivity contribution in [2.75, 3.05) is 37.0 Å². The molecule has 1 N–H and O–H groups in total. The quantitative estimate of drug-likeness (QED) is 0.850. The van der Waals surface area contributed by atoms with Gasteiger partial charge < -0.3 is 15.1 Å². The van der Waals surface area contributed by atoms with Gasteiger partial charge in [0.05, 0.1) is 23.9 Å². The molecule has 0 radical (unpaired) electrons. The first-order chi connectivity index (χ1) is 13.2. The van der Waals surface area contributed by atoms with Crippen LogP contribution in [0.4, 0.5) is 24.5 Å². The second-order valence-corrected chi connectivity index (χ2v) is 7.17. The molecule has 0 bridgehead atoms. The van der Waals surface area contributed by atoms with Crippen LogP contribution in [0, 0.1) is 0 Å². The molecule has 1 aliphatic rings. The lowest BCUT2D eigenvalue weighted by Crippen LogP contribution is -2.38. The first-order valence-electron chi connectivity index (χ1n) is 9.05. The molecule has 1 aliphatic heterocycles. The molecule has 3 rings (SSSR count). The Bertz CT molecular complexity index is 821. The van der Waals surface area contributed by atoms with Gasteiger partial charge in [0, 0.05) is 45.1 Å². The van der Waals surface area contributed by atoms with E-state index in [1.807, 2.05) is 48.2 Å². The maximum Gasteiger partial charge on any atom is 0.417 e. The van der Waals surface area contributed by atoms with Gasteiger partial charge in [0.1, 0.15) is 0 Å². The number of alkyl halides is 3. The van der Waals surface area contributed by atoms with Gasteiger partial charge in [0.15, 0.2) is 0 Å². The topological polar surface area (TPSA) is 48.5 Å². The number of carbonyl (C=O) groups is 1. The van der Waals surface area contributed by atoms with Gasteiger partial charge >= 0.3 is 6.18 Å². The monoisotopic (exact) mass is 392 g/mol. The van der Waals surface area contributed by atoms with Crippen molar-refractivity contribution in [1.29, 1.82) is 0 Å². The molecular formula is C20H23F3N4O. The summed E-state index contributed by atoms with van der Waals surface area (Å²) >= 11 is 0. The van der Waals surface area contributed by atoms with Crippen molar-refractivity contribution < 1.29 is 18.0 Å². The maximum atomic E-state index is 12.9. The Kier molecular flexibility index (Phi) is 5.76. The van der Waals surface area contributed by atoms with E-state index in [0.29, 0.717) is 25.2 Å². The van der Waals surface area contributed by atoms with Crippen molar-refractivity contribution in [2.45, 2.75) is 25.1 Å². The smallest absolute Gasteiger partial charge is 0.378 e. The molecular weight excluding hydrogens is 369 g/mol. The van der Waals surface area contributed by atoms with E-state index in [2.05, 4.69) is 10.3 Å². The highest BCUT2D eigenvalue weighted by Gasteiger charge is 2.32. The van der Waals surface area contributed by atoms with Crippen LogP contribution in [-0.2, 0) is 17.4 Å². The predicted octanol–water partition coefficient (Wildman–Crippen LogP) is 3.10. The van der Waals surface area contributed by atoms with Crippen LogP contribution in [0.5, 0.6) is 0 Å². The largest absolute Gasteiger partial charge is 0.417 e. The molecule has 1 fully saturated rings. The van der Waals surface area contributed by atoms with Crippen molar-refractivity contribution in [3.8, 4) is 0 Å². The number of nitrogens with one attached hydrogen (secondary N) is 1. The minimum Gasteiger partial charge on any atom is -0.378 e. The minimum absolute atomic E-state index is 0.0911. The Balaban J connectivity index is 1.55. The fourth-order valence-corrected chi connectivity index (χ4v) is 3.24. The molecule has 1 aromatic heterocycles.